The number of aromatic nitrogens is 2. The van der Waals surface area contributed by atoms with Crippen LogP contribution in [0.5, 0.6) is 0 Å². The predicted octanol–water partition coefficient (Wildman–Crippen LogP) is 3.14. The molecule has 2 N–H and O–H groups in total. The number of benzene rings is 1. The number of rotatable bonds is 5. The largest absolute Gasteiger partial charge is 0.444 e. The molecule has 0 saturated carbocycles. The molecule has 32 heavy (non-hydrogen) atoms. The molecule has 0 spiro atoms. The molecule has 0 unspecified atom stereocenters. The SMILES string of the molecule is Cn1cc(C(=O)NC[C@H](O)c2ccccc2F)c([C@@H]2CCCN(C(=O)OC(C)(C)C)C2)n1. The van der Waals surface area contributed by atoms with Crippen LogP contribution < -0.4 is 5.32 Å². The third kappa shape index (κ3) is 5.85. The number of amides is 2. The fraction of sp³-hybridized carbons (Fsp3) is 0.522. The van der Waals surface area contributed by atoms with Crippen molar-refractivity contribution in [2.75, 3.05) is 19.6 Å². The highest BCUT2D eigenvalue weighted by atomic mass is 19.1. The highest BCUT2D eigenvalue weighted by molar-refractivity contribution is 5.95. The number of piperidine rings is 1. The Hall–Kier alpha value is -2.94. The van der Waals surface area contributed by atoms with E-state index in [0.717, 1.165) is 12.8 Å². The predicted molar refractivity (Wildman–Crippen MR) is 117 cm³/mol. The van der Waals surface area contributed by atoms with Gasteiger partial charge in [0, 0.05) is 44.4 Å². The molecule has 8 nitrogen and oxygen atoms in total. The Bertz CT molecular complexity index is 969. The minimum atomic E-state index is -1.17. The first-order valence-corrected chi connectivity index (χ1v) is 10.8. The van der Waals surface area contributed by atoms with Crippen LogP contribution in [0, 0.1) is 5.82 Å². The average Bonchev–Trinajstić information content (AvgIpc) is 3.13. The van der Waals surface area contributed by atoms with E-state index in [0.29, 0.717) is 24.3 Å². The molecule has 1 saturated heterocycles. The Balaban J connectivity index is 1.69. The molecule has 9 heteroatoms. The van der Waals surface area contributed by atoms with Gasteiger partial charge < -0.3 is 20.1 Å². The van der Waals surface area contributed by atoms with Gasteiger partial charge in [0.2, 0.25) is 0 Å². The minimum Gasteiger partial charge on any atom is -0.444 e. The van der Waals surface area contributed by atoms with Gasteiger partial charge in [-0.3, -0.25) is 9.48 Å². The molecule has 1 fully saturated rings. The van der Waals surface area contributed by atoms with Gasteiger partial charge in [0.25, 0.3) is 5.91 Å². The molecule has 174 valence electrons. The number of hydrogen-bond acceptors (Lipinski definition) is 5. The zero-order valence-electron chi connectivity index (χ0n) is 19.0. The lowest BCUT2D eigenvalue weighted by Crippen LogP contribution is -2.42. The minimum absolute atomic E-state index is 0.116. The topological polar surface area (TPSA) is 96.7 Å². The molecular weight excluding hydrogens is 415 g/mol. The van der Waals surface area contributed by atoms with Gasteiger partial charge in [-0.1, -0.05) is 18.2 Å². The van der Waals surface area contributed by atoms with E-state index in [2.05, 4.69) is 10.4 Å². The first-order valence-electron chi connectivity index (χ1n) is 10.8. The lowest BCUT2D eigenvalue weighted by atomic mass is 9.92. The van der Waals surface area contributed by atoms with Crippen molar-refractivity contribution in [3.05, 3.63) is 53.1 Å². The standard InChI is InChI=1S/C23H31FN4O4/c1-23(2,3)32-22(31)28-11-7-8-15(13-28)20-17(14-27(4)26-20)21(30)25-12-19(29)16-9-5-6-10-18(16)24/h5-6,9-10,14-15,19,29H,7-8,11-13H2,1-4H3,(H,25,30)/t15-,19+/m1/s1. The van der Waals surface area contributed by atoms with Crippen molar-refractivity contribution in [3.8, 4) is 0 Å². The van der Waals surface area contributed by atoms with E-state index in [1.165, 1.54) is 18.2 Å². The Morgan fingerprint density at radius 2 is 2.06 bits per heavy atom. The van der Waals surface area contributed by atoms with E-state index >= 15 is 0 Å². The van der Waals surface area contributed by atoms with Gasteiger partial charge in [0.1, 0.15) is 11.4 Å². The van der Waals surface area contributed by atoms with Crippen molar-refractivity contribution in [3.63, 3.8) is 0 Å². The van der Waals surface area contributed by atoms with Crippen molar-refractivity contribution in [1.29, 1.82) is 0 Å². The second kappa shape index (κ2) is 9.68. The fourth-order valence-electron chi connectivity index (χ4n) is 3.81. The third-order valence-corrected chi connectivity index (χ3v) is 5.28. The van der Waals surface area contributed by atoms with Crippen molar-refractivity contribution in [2.24, 2.45) is 7.05 Å². The lowest BCUT2D eigenvalue weighted by Gasteiger charge is -2.33. The molecule has 0 radical (unpaired) electrons. The number of aliphatic hydroxyl groups is 1. The number of likely N-dealkylation sites (tertiary alicyclic amines) is 1. The maximum Gasteiger partial charge on any atom is 0.410 e. The van der Waals surface area contributed by atoms with Crippen LogP contribution in [0.4, 0.5) is 9.18 Å². The summed E-state index contributed by atoms with van der Waals surface area (Å²) in [6.45, 7) is 6.33. The number of nitrogens with zero attached hydrogens (tertiary/aromatic N) is 3. The van der Waals surface area contributed by atoms with Crippen LogP contribution in [0.1, 0.15) is 67.3 Å². The summed E-state index contributed by atoms with van der Waals surface area (Å²) in [6, 6.07) is 5.91. The number of aliphatic hydroxyl groups excluding tert-OH is 1. The van der Waals surface area contributed by atoms with Crippen molar-refractivity contribution < 1.29 is 23.8 Å². The highest BCUT2D eigenvalue weighted by Gasteiger charge is 2.32. The van der Waals surface area contributed by atoms with Crippen LogP contribution in [0.2, 0.25) is 0 Å². The summed E-state index contributed by atoms with van der Waals surface area (Å²) in [5.74, 6) is -1.05. The summed E-state index contributed by atoms with van der Waals surface area (Å²) in [5, 5.41) is 17.4. The second-order valence-electron chi connectivity index (χ2n) is 9.11. The van der Waals surface area contributed by atoms with Gasteiger partial charge in [0.05, 0.1) is 17.4 Å². The molecule has 3 rings (SSSR count). The smallest absolute Gasteiger partial charge is 0.410 e. The molecule has 1 aromatic carbocycles. The summed E-state index contributed by atoms with van der Waals surface area (Å²) < 4.78 is 20.9. The Kier molecular flexibility index (Phi) is 7.18. The number of nitrogens with one attached hydrogen (secondary N) is 1. The van der Waals surface area contributed by atoms with E-state index in [-0.39, 0.29) is 24.1 Å². The molecular formula is C23H31FN4O4. The monoisotopic (exact) mass is 446 g/mol. The van der Waals surface area contributed by atoms with E-state index in [9.17, 15) is 19.1 Å². The number of ether oxygens (including phenoxy) is 1. The Morgan fingerprint density at radius 3 is 2.75 bits per heavy atom. The molecule has 1 aliphatic rings. The fourth-order valence-corrected chi connectivity index (χ4v) is 3.81. The van der Waals surface area contributed by atoms with Gasteiger partial charge in [-0.25, -0.2) is 9.18 Å². The molecule has 2 aromatic rings. The van der Waals surface area contributed by atoms with Gasteiger partial charge in [-0.05, 0) is 39.7 Å². The first kappa shape index (κ1) is 23.7. The molecule has 2 atom stereocenters. The second-order valence-corrected chi connectivity index (χ2v) is 9.11. The van der Waals surface area contributed by atoms with E-state index in [1.54, 1.807) is 28.9 Å². The van der Waals surface area contributed by atoms with Crippen LogP contribution in [0.15, 0.2) is 30.5 Å². The maximum atomic E-state index is 13.9. The number of hydrogen-bond donors (Lipinski definition) is 2. The average molecular weight is 447 g/mol. The van der Waals surface area contributed by atoms with Gasteiger partial charge in [0.15, 0.2) is 0 Å². The Morgan fingerprint density at radius 1 is 1.34 bits per heavy atom. The summed E-state index contributed by atoms with van der Waals surface area (Å²) in [4.78, 5) is 27.0. The van der Waals surface area contributed by atoms with Crippen molar-refractivity contribution in [1.82, 2.24) is 20.0 Å². The Labute approximate surface area is 187 Å². The number of aryl methyl sites for hydroxylation is 1. The maximum absolute atomic E-state index is 13.9. The van der Waals surface area contributed by atoms with E-state index < -0.39 is 23.4 Å². The molecule has 2 amide bonds. The van der Waals surface area contributed by atoms with Crippen LogP contribution in [-0.4, -0.2) is 57.0 Å². The lowest BCUT2D eigenvalue weighted by molar-refractivity contribution is 0.0197. The van der Waals surface area contributed by atoms with Crippen LogP contribution in [0.25, 0.3) is 0 Å². The van der Waals surface area contributed by atoms with E-state index in [1.807, 2.05) is 20.8 Å². The van der Waals surface area contributed by atoms with E-state index in [4.69, 9.17) is 4.74 Å². The van der Waals surface area contributed by atoms with Crippen molar-refractivity contribution >= 4 is 12.0 Å². The van der Waals surface area contributed by atoms with Gasteiger partial charge in [-0.15, -0.1) is 0 Å². The van der Waals surface area contributed by atoms with Crippen LogP contribution >= 0.6 is 0 Å². The molecule has 0 aliphatic carbocycles. The highest BCUT2D eigenvalue weighted by Crippen LogP contribution is 2.29. The summed E-state index contributed by atoms with van der Waals surface area (Å²) in [6.07, 6.45) is 1.63. The number of carbonyl (C=O) groups excluding carboxylic acids is 2. The zero-order chi connectivity index (χ0) is 23.5. The van der Waals surface area contributed by atoms with Crippen LogP contribution in [0.3, 0.4) is 0 Å². The number of halogens is 1. The molecule has 2 heterocycles. The van der Waals surface area contributed by atoms with Crippen molar-refractivity contribution in [2.45, 2.75) is 51.2 Å². The summed E-state index contributed by atoms with van der Waals surface area (Å²) in [5.41, 5.74) is 0.515. The van der Waals surface area contributed by atoms with Crippen LogP contribution in [-0.2, 0) is 11.8 Å². The zero-order valence-corrected chi connectivity index (χ0v) is 19.0. The molecule has 1 aliphatic heterocycles. The summed E-state index contributed by atoms with van der Waals surface area (Å²) in [7, 11) is 1.73. The summed E-state index contributed by atoms with van der Waals surface area (Å²) >= 11 is 0. The van der Waals surface area contributed by atoms with Gasteiger partial charge in [-0.2, -0.15) is 5.10 Å². The normalized spacial score (nSPS) is 17.7. The quantitative estimate of drug-likeness (QED) is 0.736. The first-order chi connectivity index (χ1) is 15.0. The van der Waals surface area contributed by atoms with Gasteiger partial charge >= 0.3 is 6.09 Å². The molecule has 0 bridgehead atoms. The third-order valence-electron chi connectivity index (χ3n) is 5.28. The molecule has 1 aromatic heterocycles. The number of carbonyl (C=O) groups is 2.